The van der Waals surface area contributed by atoms with E-state index in [1.165, 1.54) is 20.3 Å². The van der Waals surface area contributed by atoms with E-state index in [0.717, 1.165) is 15.0 Å². The van der Waals surface area contributed by atoms with Crippen molar-refractivity contribution in [2.75, 3.05) is 14.2 Å². The van der Waals surface area contributed by atoms with E-state index in [0.29, 0.717) is 22.6 Å². The predicted octanol–water partition coefficient (Wildman–Crippen LogP) is 6.84. The van der Waals surface area contributed by atoms with E-state index < -0.39 is 11.6 Å². The third-order valence-electron chi connectivity index (χ3n) is 3.96. The van der Waals surface area contributed by atoms with Gasteiger partial charge in [0.1, 0.15) is 23.1 Å². The molecule has 0 N–H and O–H groups in total. The number of benzene rings is 3. The summed E-state index contributed by atoms with van der Waals surface area (Å²) in [7, 11) is 3.01. The Bertz CT molecular complexity index is 900. The Balaban J connectivity index is 2.28. The highest BCUT2D eigenvalue weighted by Gasteiger charge is 2.18. The Morgan fingerprint density at radius 2 is 1.04 bits per heavy atom. The number of hydrogen-bond donors (Lipinski definition) is 0. The number of halogens is 4. The maximum Gasteiger partial charge on any atom is 0.134 e. The van der Waals surface area contributed by atoms with Crippen LogP contribution in [0.5, 0.6) is 11.5 Å². The maximum absolute atomic E-state index is 14.6. The van der Waals surface area contributed by atoms with Gasteiger partial charge in [0, 0.05) is 37.3 Å². The SMILES string of the molecule is COc1ccc(Br)cc1-c1cc(-c2cc(Br)ccc2OC)c(F)cc1F. The van der Waals surface area contributed by atoms with E-state index in [9.17, 15) is 8.78 Å². The first-order chi connectivity index (χ1) is 12.4. The molecule has 0 heterocycles. The smallest absolute Gasteiger partial charge is 0.134 e. The molecule has 0 aromatic heterocycles. The van der Waals surface area contributed by atoms with Crippen LogP contribution in [0.3, 0.4) is 0 Å². The lowest BCUT2D eigenvalue weighted by molar-refractivity contribution is 0.416. The average Bonchev–Trinajstić information content (AvgIpc) is 2.62. The van der Waals surface area contributed by atoms with Gasteiger partial charge in [-0.1, -0.05) is 31.9 Å². The topological polar surface area (TPSA) is 18.5 Å². The molecule has 3 aromatic carbocycles. The summed E-state index contributed by atoms with van der Waals surface area (Å²) in [6.45, 7) is 0. The van der Waals surface area contributed by atoms with E-state index >= 15 is 0 Å². The predicted molar refractivity (Wildman–Crippen MR) is 106 cm³/mol. The van der Waals surface area contributed by atoms with Crippen molar-refractivity contribution in [1.29, 1.82) is 0 Å². The van der Waals surface area contributed by atoms with Crippen LogP contribution in [0, 0.1) is 11.6 Å². The highest BCUT2D eigenvalue weighted by Crippen LogP contribution is 2.40. The second-order valence-corrected chi connectivity index (χ2v) is 7.33. The van der Waals surface area contributed by atoms with Crippen molar-refractivity contribution in [2.45, 2.75) is 0 Å². The molecule has 0 saturated carbocycles. The van der Waals surface area contributed by atoms with Crippen LogP contribution >= 0.6 is 31.9 Å². The van der Waals surface area contributed by atoms with Crippen molar-refractivity contribution in [3.05, 3.63) is 69.1 Å². The van der Waals surface area contributed by atoms with Crippen LogP contribution in [0.25, 0.3) is 22.3 Å². The van der Waals surface area contributed by atoms with Gasteiger partial charge in [0.05, 0.1) is 14.2 Å². The fourth-order valence-corrected chi connectivity index (χ4v) is 3.47. The highest BCUT2D eigenvalue weighted by atomic mass is 79.9. The van der Waals surface area contributed by atoms with Crippen LogP contribution < -0.4 is 9.47 Å². The summed E-state index contributed by atoms with van der Waals surface area (Å²) >= 11 is 6.76. The van der Waals surface area contributed by atoms with Gasteiger partial charge in [-0.05, 0) is 42.5 Å². The molecule has 0 spiro atoms. The second-order valence-electron chi connectivity index (χ2n) is 5.50. The molecule has 0 saturated heterocycles. The lowest BCUT2D eigenvalue weighted by Crippen LogP contribution is -1.96. The van der Waals surface area contributed by atoms with Gasteiger partial charge in [-0.2, -0.15) is 0 Å². The molecule has 3 rings (SSSR count). The van der Waals surface area contributed by atoms with Gasteiger partial charge in [-0.15, -0.1) is 0 Å². The molecule has 0 fully saturated rings. The minimum absolute atomic E-state index is 0.238. The molecule has 26 heavy (non-hydrogen) atoms. The van der Waals surface area contributed by atoms with Crippen LogP contribution in [0.2, 0.25) is 0 Å². The van der Waals surface area contributed by atoms with Crippen LogP contribution in [0.4, 0.5) is 8.78 Å². The zero-order valence-corrected chi connectivity index (χ0v) is 17.1. The van der Waals surface area contributed by atoms with Gasteiger partial charge >= 0.3 is 0 Å². The summed E-state index contributed by atoms with van der Waals surface area (Å²) in [6.07, 6.45) is 0. The lowest BCUT2D eigenvalue weighted by Gasteiger charge is -2.14. The summed E-state index contributed by atoms with van der Waals surface area (Å²) in [5, 5.41) is 0. The van der Waals surface area contributed by atoms with Gasteiger partial charge in [0.15, 0.2) is 0 Å². The quantitative estimate of drug-likeness (QED) is 0.404. The lowest BCUT2D eigenvalue weighted by atomic mass is 9.97. The summed E-state index contributed by atoms with van der Waals surface area (Å²) in [6, 6.07) is 12.9. The molecule has 2 nitrogen and oxygen atoms in total. The molecule has 0 aliphatic heterocycles. The van der Waals surface area contributed by atoms with Gasteiger partial charge in [0.25, 0.3) is 0 Å². The molecule has 0 radical (unpaired) electrons. The highest BCUT2D eigenvalue weighted by molar-refractivity contribution is 9.10. The van der Waals surface area contributed by atoms with Crippen molar-refractivity contribution in [2.24, 2.45) is 0 Å². The van der Waals surface area contributed by atoms with Crippen molar-refractivity contribution in [3.63, 3.8) is 0 Å². The van der Waals surface area contributed by atoms with E-state index in [1.807, 2.05) is 0 Å². The number of methoxy groups -OCH3 is 2. The molecular formula is C20H14Br2F2O2. The van der Waals surface area contributed by atoms with E-state index in [4.69, 9.17) is 9.47 Å². The van der Waals surface area contributed by atoms with E-state index in [2.05, 4.69) is 31.9 Å². The Morgan fingerprint density at radius 1 is 0.615 bits per heavy atom. The molecule has 0 unspecified atom stereocenters. The normalized spacial score (nSPS) is 10.7. The van der Waals surface area contributed by atoms with Gasteiger partial charge in [-0.25, -0.2) is 8.78 Å². The third-order valence-corrected chi connectivity index (χ3v) is 4.95. The number of rotatable bonds is 4. The van der Waals surface area contributed by atoms with Crippen molar-refractivity contribution in [1.82, 2.24) is 0 Å². The minimum Gasteiger partial charge on any atom is -0.496 e. The molecule has 0 aliphatic rings. The number of ether oxygens (including phenoxy) is 2. The van der Waals surface area contributed by atoms with Crippen molar-refractivity contribution in [3.8, 4) is 33.8 Å². The van der Waals surface area contributed by atoms with Crippen LogP contribution in [0.1, 0.15) is 0 Å². The first-order valence-electron chi connectivity index (χ1n) is 7.61. The van der Waals surface area contributed by atoms with Gasteiger partial charge in [-0.3, -0.25) is 0 Å². The van der Waals surface area contributed by atoms with Gasteiger partial charge < -0.3 is 9.47 Å². The van der Waals surface area contributed by atoms with Crippen LogP contribution in [-0.4, -0.2) is 14.2 Å². The first-order valence-corrected chi connectivity index (χ1v) is 9.20. The van der Waals surface area contributed by atoms with E-state index in [-0.39, 0.29) is 11.1 Å². The minimum atomic E-state index is -0.670. The molecule has 0 atom stereocenters. The Hall–Kier alpha value is -1.92. The zero-order chi connectivity index (χ0) is 18.8. The van der Waals surface area contributed by atoms with Crippen molar-refractivity contribution < 1.29 is 18.3 Å². The summed E-state index contributed by atoms with van der Waals surface area (Å²) < 4.78 is 41.4. The fraction of sp³-hybridized carbons (Fsp3) is 0.100. The Labute approximate surface area is 167 Å². The maximum atomic E-state index is 14.6. The molecular weight excluding hydrogens is 470 g/mol. The molecule has 134 valence electrons. The van der Waals surface area contributed by atoms with Crippen LogP contribution in [-0.2, 0) is 0 Å². The molecule has 0 bridgehead atoms. The monoisotopic (exact) mass is 482 g/mol. The largest absolute Gasteiger partial charge is 0.496 e. The Kier molecular flexibility index (Phi) is 5.63. The first kappa shape index (κ1) is 18.9. The summed E-state index contributed by atoms with van der Waals surface area (Å²) in [5.41, 5.74) is 1.52. The summed E-state index contributed by atoms with van der Waals surface area (Å²) in [4.78, 5) is 0. The van der Waals surface area contributed by atoms with Crippen LogP contribution in [0.15, 0.2) is 57.5 Å². The zero-order valence-electron chi connectivity index (χ0n) is 13.9. The summed E-state index contributed by atoms with van der Waals surface area (Å²) in [5.74, 6) is -0.357. The number of hydrogen-bond acceptors (Lipinski definition) is 2. The molecule has 6 heteroatoms. The Morgan fingerprint density at radius 3 is 1.42 bits per heavy atom. The van der Waals surface area contributed by atoms with Gasteiger partial charge in [0.2, 0.25) is 0 Å². The molecule has 0 aliphatic carbocycles. The third kappa shape index (κ3) is 3.62. The van der Waals surface area contributed by atoms with Crippen molar-refractivity contribution >= 4 is 31.9 Å². The average molecular weight is 484 g/mol. The van der Waals surface area contributed by atoms with E-state index in [1.54, 1.807) is 36.4 Å². The fourth-order valence-electron chi connectivity index (χ4n) is 2.74. The molecule has 0 amide bonds. The second kappa shape index (κ2) is 7.76. The molecule has 3 aromatic rings. The standard InChI is InChI=1S/C20H14Br2F2O2/c1-25-19-5-3-11(21)7-15(19)13-9-14(18(24)10-17(13)23)16-8-12(22)4-6-20(16)26-2/h3-10H,1-2H3.